The summed E-state index contributed by atoms with van der Waals surface area (Å²) in [6.45, 7) is 6.67. The number of hydrogen-bond acceptors (Lipinski definition) is 4. The zero-order valence-corrected chi connectivity index (χ0v) is 14.3. The molecule has 1 aliphatic rings. The van der Waals surface area contributed by atoms with Gasteiger partial charge in [0.05, 0.1) is 23.0 Å². The van der Waals surface area contributed by atoms with Gasteiger partial charge < -0.3 is 9.42 Å². The third-order valence-electron chi connectivity index (χ3n) is 4.70. The summed E-state index contributed by atoms with van der Waals surface area (Å²) in [6, 6.07) is 0.0252. The average Bonchev–Trinajstić information content (AvgIpc) is 3.10. The van der Waals surface area contributed by atoms with Gasteiger partial charge >= 0.3 is 0 Å². The second-order valence-electron chi connectivity index (χ2n) is 6.28. The smallest absolute Gasteiger partial charge is 0.222 e. The van der Waals surface area contributed by atoms with E-state index in [2.05, 4.69) is 10.3 Å². The second kappa shape index (κ2) is 6.18. The Morgan fingerprint density at radius 3 is 2.83 bits per heavy atom. The van der Waals surface area contributed by atoms with Crippen molar-refractivity contribution in [3.63, 3.8) is 0 Å². The Morgan fingerprint density at radius 1 is 1.39 bits per heavy atom. The van der Waals surface area contributed by atoms with E-state index >= 15 is 0 Å². The number of aryl methyl sites for hydroxylation is 2. The van der Waals surface area contributed by atoms with Gasteiger partial charge in [-0.2, -0.15) is 5.10 Å². The highest BCUT2D eigenvalue weighted by atomic mass is 16.5. The fraction of sp³-hybridized carbons (Fsp3) is 0.588. The molecule has 3 rings (SSSR count). The first-order valence-corrected chi connectivity index (χ1v) is 8.29. The minimum atomic E-state index is 0.0252. The molecule has 6 nitrogen and oxygen atoms in total. The van der Waals surface area contributed by atoms with Crippen LogP contribution in [0.2, 0.25) is 0 Å². The van der Waals surface area contributed by atoms with E-state index in [9.17, 15) is 4.79 Å². The van der Waals surface area contributed by atoms with Crippen LogP contribution in [0.5, 0.6) is 0 Å². The van der Waals surface area contributed by atoms with E-state index in [-0.39, 0.29) is 11.9 Å². The summed E-state index contributed by atoms with van der Waals surface area (Å²) in [4.78, 5) is 14.3. The summed E-state index contributed by atoms with van der Waals surface area (Å²) >= 11 is 0. The third-order valence-corrected chi connectivity index (χ3v) is 4.70. The van der Waals surface area contributed by atoms with E-state index in [4.69, 9.17) is 4.52 Å². The molecular weight excluding hydrogens is 292 g/mol. The first kappa shape index (κ1) is 15.8. The molecule has 0 N–H and O–H groups in total. The quantitative estimate of drug-likeness (QED) is 0.872. The number of nitrogens with zero attached hydrogens (tertiary/aromatic N) is 4. The maximum absolute atomic E-state index is 12.3. The summed E-state index contributed by atoms with van der Waals surface area (Å²) in [5.74, 6) is 0.955. The van der Waals surface area contributed by atoms with Crippen molar-refractivity contribution in [1.29, 1.82) is 0 Å². The Labute approximate surface area is 136 Å². The second-order valence-corrected chi connectivity index (χ2v) is 6.28. The fourth-order valence-electron chi connectivity index (χ4n) is 3.31. The van der Waals surface area contributed by atoms with Crippen LogP contribution in [-0.2, 0) is 11.8 Å². The minimum absolute atomic E-state index is 0.0252. The molecule has 2 aromatic heterocycles. The molecule has 0 aromatic carbocycles. The Hall–Kier alpha value is -2.11. The van der Waals surface area contributed by atoms with Crippen molar-refractivity contribution in [3.8, 4) is 11.3 Å². The number of rotatable bonds is 3. The van der Waals surface area contributed by atoms with Gasteiger partial charge in [0.15, 0.2) is 5.76 Å². The predicted molar refractivity (Wildman–Crippen MR) is 86.8 cm³/mol. The number of amides is 1. The number of aromatic nitrogens is 3. The molecule has 0 spiro atoms. The lowest BCUT2D eigenvalue weighted by molar-refractivity contribution is -0.134. The lowest BCUT2D eigenvalue weighted by atomic mass is 9.95. The van der Waals surface area contributed by atoms with E-state index < -0.39 is 0 Å². The van der Waals surface area contributed by atoms with Gasteiger partial charge in [-0.25, -0.2) is 0 Å². The summed E-state index contributed by atoms with van der Waals surface area (Å²) in [6.07, 6.45) is 5.61. The lowest BCUT2D eigenvalue weighted by Crippen LogP contribution is -2.38. The number of carbonyl (C=O) groups excluding carboxylic acids is 1. The van der Waals surface area contributed by atoms with Gasteiger partial charge in [0.25, 0.3) is 0 Å². The molecule has 3 heterocycles. The largest absolute Gasteiger partial charge is 0.356 e. The molecule has 1 aliphatic heterocycles. The highest BCUT2D eigenvalue weighted by Gasteiger charge is 2.32. The van der Waals surface area contributed by atoms with Gasteiger partial charge in [-0.15, -0.1) is 0 Å². The summed E-state index contributed by atoms with van der Waals surface area (Å²) < 4.78 is 7.34. The standard InChI is InChI=1S/C17H24N4O2/c1-5-15(22)21-9-7-6-8-14(21)16-13(10-20(4)18-16)17-11(2)12(3)19-23-17/h10,14H,5-9H2,1-4H3/t14-/m1/s1. The van der Waals surface area contributed by atoms with Crippen molar-refractivity contribution in [2.75, 3.05) is 6.54 Å². The Kier molecular flexibility index (Phi) is 4.24. The molecule has 0 radical (unpaired) electrons. The number of carbonyl (C=O) groups is 1. The Bertz CT molecular complexity index is 716. The van der Waals surface area contributed by atoms with Crippen molar-refractivity contribution in [2.45, 2.75) is 52.5 Å². The zero-order valence-electron chi connectivity index (χ0n) is 14.3. The third kappa shape index (κ3) is 2.78. The van der Waals surface area contributed by atoms with Crippen LogP contribution in [0.3, 0.4) is 0 Å². The van der Waals surface area contributed by atoms with E-state index in [0.717, 1.165) is 54.1 Å². The highest BCUT2D eigenvalue weighted by Crippen LogP contribution is 2.37. The fourth-order valence-corrected chi connectivity index (χ4v) is 3.31. The average molecular weight is 316 g/mol. The SMILES string of the molecule is CCC(=O)N1CCCC[C@@H]1c1nn(C)cc1-c1onc(C)c1C. The van der Waals surface area contributed by atoms with Gasteiger partial charge in [0, 0.05) is 31.8 Å². The monoisotopic (exact) mass is 316 g/mol. The molecule has 1 amide bonds. The van der Waals surface area contributed by atoms with Crippen molar-refractivity contribution < 1.29 is 9.32 Å². The molecule has 23 heavy (non-hydrogen) atoms. The molecule has 6 heteroatoms. The summed E-state index contributed by atoms with van der Waals surface area (Å²) in [5.41, 5.74) is 3.79. The first-order chi connectivity index (χ1) is 11.0. The first-order valence-electron chi connectivity index (χ1n) is 8.29. The van der Waals surface area contributed by atoms with E-state index in [0.29, 0.717) is 6.42 Å². The highest BCUT2D eigenvalue weighted by molar-refractivity contribution is 5.77. The van der Waals surface area contributed by atoms with Gasteiger partial charge in [0.2, 0.25) is 5.91 Å². The number of likely N-dealkylation sites (tertiary alicyclic amines) is 1. The molecule has 1 atom stereocenters. The van der Waals surface area contributed by atoms with Crippen LogP contribution in [0, 0.1) is 13.8 Å². The zero-order chi connectivity index (χ0) is 16.6. The lowest BCUT2D eigenvalue weighted by Gasteiger charge is -2.35. The van der Waals surface area contributed by atoms with Crippen LogP contribution in [0.1, 0.15) is 55.6 Å². The van der Waals surface area contributed by atoms with Crippen LogP contribution in [0.15, 0.2) is 10.7 Å². The van der Waals surface area contributed by atoms with E-state index in [1.54, 1.807) is 4.68 Å². The predicted octanol–water partition coefficient (Wildman–Crippen LogP) is 3.16. The molecule has 2 aromatic rings. The van der Waals surface area contributed by atoms with Crippen molar-refractivity contribution in [2.24, 2.45) is 7.05 Å². The molecule has 0 bridgehead atoms. The van der Waals surface area contributed by atoms with Crippen molar-refractivity contribution in [3.05, 3.63) is 23.1 Å². The van der Waals surface area contributed by atoms with Crippen LogP contribution in [0.4, 0.5) is 0 Å². The normalized spacial score (nSPS) is 18.4. The Balaban J connectivity index is 2.05. The van der Waals surface area contributed by atoms with Gasteiger partial charge in [0.1, 0.15) is 0 Å². The molecule has 124 valence electrons. The van der Waals surface area contributed by atoms with E-state index in [1.165, 1.54) is 0 Å². The van der Waals surface area contributed by atoms with Gasteiger partial charge in [-0.1, -0.05) is 12.1 Å². The van der Waals surface area contributed by atoms with Crippen molar-refractivity contribution >= 4 is 5.91 Å². The Morgan fingerprint density at radius 2 is 2.17 bits per heavy atom. The van der Waals surface area contributed by atoms with Gasteiger partial charge in [-0.3, -0.25) is 9.48 Å². The van der Waals surface area contributed by atoms with E-state index in [1.807, 2.05) is 38.9 Å². The van der Waals surface area contributed by atoms with Crippen LogP contribution >= 0.6 is 0 Å². The van der Waals surface area contributed by atoms with Gasteiger partial charge in [-0.05, 0) is 33.1 Å². The number of hydrogen-bond donors (Lipinski definition) is 0. The summed E-state index contributed by atoms with van der Waals surface area (Å²) in [7, 11) is 1.90. The molecule has 1 saturated heterocycles. The summed E-state index contributed by atoms with van der Waals surface area (Å²) in [5, 5.41) is 8.73. The van der Waals surface area contributed by atoms with Crippen LogP contribution in [0.25, 0.3) is 11.3 Å². The molecule has 0 unspecified atom stereocenters. The number of piperidine rings is 1. The molecule has 0 aliphatic carbocycles. The van der Waals surface area contributed by atoms with Crippen LogP contribution < -0.4 is 0 Å². The maximum atomic E-state index is 12.3. The topological polar surface area (TPSA) is 64.2 Å². The molecule has 0 saturated carbocycles. The minimum Gasteiger partial charge on any atom is -0.356 e. The van der Waals surface area contributed by atoms with Crippen LogP contribution in [-0.4, -0.2) is 32.3 Å². The molecule has 1 fully saturated rings. The van der Waals surface area contributed by atoms with Crippen molar-refractivity contribution in [1.82, 2.24) is 19.8 Å². The molecular formula is C17H24N4O2. The maximum Gasteiger partial charge on any atom is 0.222 e.